The Bertz CT molecular complexity index is 528. The number of ether oxygens (including phenoxy) is 1. The fourth-order valence-electron chi connectivity index (χ4n) is 2.22. The summed E-state index contributed by atoms with van der Waals surface area (Å²) in [6.07, 6.45) is -0.506. The Kier molecular flexibility index (Phi) is 5.16. The molecule has 0 aliphatic heterocycles. The number of benzene rings is 2. The van der Waals surface area contributed by atoms with Crippen LogP contribution in [0.25, 0.3) is 0 Å². The molecule has 0 spiro atoms. The normalized spacial score (nSPS) is 13.8. The number of aliphatic hydroxyl groups excluding tert-OH is 1. The van der Waals surface area contributed by atoms with Crippen molar-refractivity contribution in [1.29, 1.82) is 0 Å². The van der Waals surface area contributed by atoms with Crippen molar-refractivity contribution >= 4 is 0 Å². The van der Waals surface area contributed by atoms with Crippen LogP contribution in [0.3, 0.4) is 0 Å². The van der Waals surface area contributed by atoms with Crippen LogP contribution in [-0.2, 0) is 0 Å². The van der Waals surface area contributed by atoms with E-state index in [1.165, 1.54) is 0 Å². The molecule has 0 fully saturated rings. The van der Waals surface area contributed by atoms with E-state index < -0.39 is 6.10 Å². The molecule has 2 atom stereocenters. The minimum atomic E-state index is -0.506. The van der Waals surface area contributed by atoms with Gasteiger partial charge in [-0.1, -0.05) is 48.5 Å². The lowest BCUT2D eigenvalue weighted by Crippen LogP contribution is -2.25. The number of para-hydroxylation sites is 1. The van der Waals surface area contributed by atoms with Crippen LogP contribution >= 0.6 is 0 Å². The number of aliphatic hydroxyl groups is 1. The van der Waals surface area contributed by atoms with Crippen molar-refractivity contribution < 1.29 is 9.84 Å². The van der Waals surface area contributed by atoms with Gasteiger partial charge in [0.2, 0.25) is 0 Å². The standard InChI is InChI=1S/C17H21NO2/c1-13(15-10-6-7-11-17(15)20-2)18-12-16(19)14-8-4-3-5-9-14/h3-11,13,16,18-19H,12H2,1-2H3/t13-,16?/m1/s1. The molecule has 2 rings (SSSR count). The molecule has 0 heterocycles. The lowest BCUT2D eigenvalue weighted by Gasteiger charge is -2.19. The van der Waals surface area contributed by atoms with Crippen LogP contribution in [-0.4, -0.2) is 18.8 Å². The Morgan fingerprint density at radius 1 is 1.05 bits per heavy atom. The smallest absolute Gasteiger partial charge is 0.123 e. The van der Waals surface area contributed by atoms with Crippen LogP contribution in [0.4, 0.5) is 0 Å². The second-order valence-electron chi connectivity index (χ2n) is 4.80. The van der Waals surface area contributed by atoms with E-state index in [1.807, 2.05) is 54.6 Å². The zero-order valence-electron chi connectivity index (χ0n) is 11.9. The van der Waals surface area contributed by atoms with E-state index in [2.05, 4.69) is 12.2 Å². The maximum absolute atomic E-state index is 10.1. The first-order chi connectivity index (χ1) is 9.72. The summed E-state index contributed by atoms with van der Waals surface area (Å²) in [5, 5.41) is 13.5. The molecule has 0 bridgehead atoms. The summed E-state index contributed by atoms with van der Waals surface area (Å²) in [6.45, 7) is 2.57. The predicted octanol–water partition coefficient (Wildman–Crippen LogP) is 3.08. The summed E-state index contributed by atoms with van der Waals surface area (Å²) in [7, 11) is 1.67. The number of hydrogen-bond donors (Lipinski definition) is 2. The van der Waals surface area contributed by atoms with Crippen LogP contribution in [0.5, 0.6) is 5.75 Å². The molecular weight excluding hydrogens is 250 g/mol. The number of nitrogens with one attached hydrogen (secondary N) is 1. The lowest BCUT2D eigenvalue weighted by atomic mass is 10.1. The predicted molar refractivity (Wildman–Crippen MR) is 80.8 cm³/mol. The van der Waals surface area contributed by atoms with Gasteiger partial charge in [0, 0.05) is 18.2 Å². The molecule has 0 radical (unpaired) electrons. The largest absolute Gasteiger partial charge is 0.496 e. The van der Waals surface area contributed by atoms with Crippen LogP contribution in [0.2, 0.25) is 0 Å². The van der Waals surface area contributed by atoms with Crippen LogP contribution in [0, 0.1) is 0 Å². The van der Waals surface area contributed by atoms with Crippen molar-refractivity contribution in [2.75, 3.05) is 13.7 Å². The van der Waals surface area contributed by atoms with E-state index in [0.29, 0.717) is 6.54 Å². The monoisotopic (exact) mass is 271 g/mol. The molecule has 0 amide bonds. The van der Waals surface area contributed by atoms with E-state index in [4.69, 9.17) is 4.74 Å². The maximum atomic E-state index is 10.1. The third kappa shape index (κ3) is 3.59. The highest BCUT2D eigenvalue weighted by Crippen LogP contribution is 2.24. The fraction of sp³-hybridized carbons (Fsp3) is 0.294. The molecule has 2 N–H and O–H groups in total. The Morgan fingerprint density at radius 3 is 2.40 bits per heavy atom. The zero-order chi connectivity index (χ0) is 14.4. The highest BCUT2D eigenvalue weighted by atomic mass is 16.5. The number of hydrogen-bond acceptors (Lipinski definition) is 3. The summed E-state index contributed by atoms with van der Waals surface area (Å²) in [6, 6.07) is 17.7. The van der Waals surface area contributed by atoms with Crippen molar-refractivity contribution in [3.63, 3.8) is 0 Å². The molecule has 3 heteroatoms. The van der Waals surface area contributed by atoms with E-state index in [0.717, 1.165) is 16.9 Å². The lowest BCUT2D eigenvalue weighted by molar-refractivity contribution is 0.170. The minimum absolute atomic E-state index is 0.115. The topological polar surface area (TPSA) is 41.5 Å². The Hall–Kier alpha value is -1.84. The van der Waals surface area contributed by atoms with E-state index in [9.17, 15) is 5.11 Å². The van der Waals surface area contributed by atoms with E-state index in [1.54, 1.807) is 7.11 Å². The molecule has 0 saturated heterocycles. The molecule has 0 aliphatic rings. The third-order valence-corrected chi connectivity index (χ3v) is 3.41. The molecular formula is C17H21NO2. The fourth-order valence-corrected chi connectivity index (χ4v) is 2.22. The molecule has 106 valence electrons. The van der Waals surface area contributed by atoms with Gasteiger partial charge < -0.3 is 15.2 Å². The summed E-state index contributed by atoms with van der Waals surface area (Å²) in [5.74, 6) is 0.863. The molecule has 2 aromatic rings. The van der Waals surface area contributed by atoms with Crippen LogP contribution in [0.1, 0.15) is 30.2 Å². The first-order valence-electron chi connectivity index (χ1n) is 6.81. The molecule has 0 saturated carbocycles. The third-order valence-electron chi connectivity index (χ3n) is 3.41. The molecule has 1 unspecified atom stereocenters. The summed E-state index contributed by atoms with van der Waals surface area (Å²) >= 11 is 0. The van der Waals surface area contributed by atoms with Crippen molar-refractivity contribution in [2.24, 2.45) is 0 Å². The van der Waals surface area contributed by atoms with Crippen molar-refractivity contribution in [3.8, 4) is 5.75 Å². The van der Waals surface area contributed by atoms with Crippen molar-refractivity contribution in [3.05, 3.63) is 65.7 Å². The zero-order valence-corrected chi connectivity index (χ0v) is 11.9. The molecule has 0 aliphatic carbocycles. The quantitative estimate of drug-likeness (QED) is 0.848. The van der Waals surface area contributed by atoms with Crippen molar-refractivity contribution in [1.82, 2.24) is 5.32 Å². The minimum Gasteiger partial charge on any atom is -0.496 e. The highest BCUT2D eigenvalue weighted by Gasteiger charge is 2.13. The average molecular weight is 271 g/mol. The maximum Gasteiger partial charge on any atom is 0.123 e. The van der Waals surface area contributed by atoms with Gasteiger partial charge in [-0.2, -0.15) is 0 Å². The van der Waals surface area contributed by atoms with Gasteiger partial charge in [0.05, 0.1) is 13.2 Å². The number of methoxy groups -OCH3 is 1. The number of rotatable bonds is 6. The van der Waals surface area contributed by atoms with Crippen LogP contribution < -0.4 is 10.1 Å². The summed E-state index contributed by atoms with van der Waals surface area (Å²) in [5.41, 5.74) is 2.02. The second kappa shape index (κ2) is 7.08. The summed E-state index contributed by atoms with van der Waals surface area (Å²) in [4.78, 5) is 0. The van der Waals surface area contributed by atoms with Gasteiger partial charge >= 0.3 is 0 Å². The van der Waals surface area contributed by atoms with E-state index in [-0.39, 0.29) is 6.04 Å². The molecule has 0 aromatic heterocycles. The van der Waals surface area contributed by atoms with Crippen molar-refractivity contribution in [2.45, 2.75) is 19.1 Å². The Labute approximate surface area is 120 Å². The van der Waals surface area contributed by atoms with Gasteiger partial charge in [0.1, 0.15) is 5.75 Å². The van der Waals surface area contributed by atoms with Gasteiger partial charge in [-0.05, 0) is 18.6 Å². The average Bonchev–Trinajstić information content (AvgIpc) is 2.53. The molecule has 2 aromatic carbocycles. The Morgan fingerprint density at radius 2 is 1.70 bits per heavy atom. The van der Waals surface area contributed by atoms with Gasteiger partial charge in [-0.3, -0.25) is 0 Å². The van der Waals surface area contributed by atoms with Gasteiger partial charge in [0.15, 0.2) is 0 Å². The first-order valence-corrected chi connectivity index (χ1v) is 6.81. The first kappa shape index (κ1) is 14.6. The van der Waals surface area contributed by atoms with E-state index >= 15 is 0 Å². The Balaban J connectivity index is 1.97. The van der Waals surface area contributed by atoms with Gasteiger partial charge in [-0.15, -0.1) is 0 Å². The second-order valence-corrected chi connectivity index (χ2v) is 4.80. The van der Waals surface area contributed by atoms with Gasteiger partial charge in [0.25, 0.3) is 0 Å². The molecule has 3 nitrogen and oxygen atoms in total. The SMILES string of the molecule is COc1ccccc1[C@@H](C)NCC(O)c1ccccc1. The summed E-state index contributed by atoms with van der Waals surface area (Å²) < 4.78 is 5.36. The highest BCUT2D eigenvalue weighted by molar-refractivity contribution is 5.35. The van der Waals surface area contributed by atoms with Gasteiger partial charge in [-0.25, -0.2) is 0 Å². The van der Waals surface area contributed by atoms with Crippen LogP contribution in [0.15, 0.2) is 54.6 Å². The molecule has 20 heavy (non-hydrogen) atoms.